The molecule has 0 spiro atoms. The average molecular weight is 260 g/mol. The zero-order valence-electron chi connectivity index (χ0n) is 10.8. The van der Waals surface area contributed by atoms with Crippen molar-refractivity contribution < 1.29 is 24.5 Å². The summed E-state index contributed by atoms with van der Waals surface area (Å²) in [5.74, 6) is 0. The molecule has 0 unspecified atom stereocenters. The van der Waals surface area contributed by atoms with E-state index in [2.05, 4.69) is 0 Å². The highest BCUT2D eigenvalue weighted by Gasteiger charge is 2.23. The fourth-order valence-corrected chi connectivity index (χ4v) is 2.28. The van der Waals surface area contributed by atoms with Gasteiger partial charge in [0, 0.05) is 13.2 Å². The summed E-state index contributed by atoms with van der Waals surface area (Å²) < 4.78 is 10.5. The summed E-state index contributed by atoms with van der Waals surface area (Å²) in [5, 5.41) is 17.1. The summed E-state index contributed by atoms with van der Waals surface area (Å²) in [5.41, 5.74) is 0. The van der Waals surface area contributed by atoms with Crippen LogP contribution in [0.2, 0.25) is 0 Å². The molecule has 5 heteroatoms. The molecule has 1 aliphatic rings. The Morgan fingerprint density at radius 1 is 1.00 bits per heavy atom. The first kappa shape index (κ1) is 15.2. The van der Waals surface area contributed by atoms with Gasteiger partial charge in [0.2, 0.25) is 0 Å². The van der Waals surface area contributed by atoms with Gasteiger partial charge in [0.05, 0.1) is 6.10 Å². The lowest BCUT2D eigenvalue weighted by molar-refractivity contribution is -0.0207. The molecule has 0 aromatic rings. The third-order valence-electron chi connectivity index (χ3n) is 3.29. The second-order valence-electron chi connectivity index (χ2n) is 4.79. The van der Waals surface area contributed by atoms with Gasteiger partial charge in [-0.25, -0.2) is 4.79 Å². The zero-order chi connectivity index (χ0) is 13.2. The van der Waals surface area contributed by atoms with E-state index in [-0.39, 0.29) is 18.8 Å². The molecule has 0 aromatic carbocycles. The van der Waals surface area contributed by atoms with Crippen molar-refractivity contribution in [3.05, 3.63) is 0 Å². The van der Waals surface area contributed by atoms with Crippen molar-refractivity contribution in [3.8, 4) is 0 Å². The molecule has 0 amide bonds. The number of rotatable bonds is 8. The lowest BCUT2D eigenvalue weighted by atomic mass is 9.95. The lowest BCUT2D eigenvalue weighted by Crippen LogP contribution is -2.28. The smallest absolute Gasteiger partial charge is 0.450 e. The van der Waals surface area contributed by atoms with Gasteiger partial charge in [0.1, 0.15) is 6.10 Å². The molecule has 2 N–H and O–H groups in total. The largest absolute Gasteiger partial charge is 0.506 e. The SMILES string of the molecule is O=C(O)OC1CCC(OCCCCCCO)CC1. The molecule has 5 nitrogen and oxygen atoms in total. The minimum atomic E-state index is -1.18. The maximum Gasteiger partial charge on any atom is 0.506 e. The van der Waals surface area contributed by atoms with Crippen molar-refractivity contribution in [3.63, 3.8) is 0 Å². The second-order valence-corrected chi connectivity index (χ2v) is 4.79. The van der Waals surface area contributed by atoms with Gasteiger partial charge in [0.25, 0.3) is 0 Å². The van der Waals surface area contributed by atoms with E-state index >= 15 is 0 Å². The maximum atomic E-state index is 10.4. The van der Waals surface area contributed by atoms with Crippen molar-refractivity contribution >= 4 is 6.16 Å². The van der Waals surface area contributed by atoms with E-state index in [1.54, 1.807) is 0 Å². The van der Waals surface area contributed by atoms with Gasteiger partial charge < -0.3 is 19.7 Å². The Bertz CT molecular complexity index is 223. The number of carbonyl (C=O) groups is 1. The number of aliphatic hydroxyl groups excluding tert-OH is 1. The van der Waals surface area contributed by atoms with Crippen LogP contribution in [-0.2, 0) is 9.47 Å². The summed E-state index contributed by atoms with van der Waals surface area (Å²) >= 11 is 0. The molecular weight excluding hydrogens is 236 g/mol. The van der Waals surface area contributed by atoms with E-state index in [1.807, 2.05) is 0 Å². The van der Waals surface area contributed by atoms with Crippen LogP contribution in [0.1, 0.15) is 51.4 Å². The summed E-state index contributed by atoms with van der Waals surface area (Å²) in [6.45, 7) is 1.04. The molecular formula is C13H24O5. The molecule has 0 saturated heterocycles. The Balaban J connectivity index is 1.97. The fraction of sp³-hybridized carbons (Fsp3) is 0.923. The van der Waals surface area contributed by atoms with Gasteiger partial charge in [-0.1, -0.05) is 12.8 Å². The van der Waals surface area contributed by atoms with Crippen molar-refractivity contribution in [2.75, 3.05) is 13.2 Å². The molecule has 0 aromatic heterocycles. The fourth-order valence-electron chi connectivity index (χ4n) is 2.28. The molecule has 0 radical (unpaired) electrons. The van der Waals surface area contributed by atoms with Crippen LogP contribution in [0, 0.1) is 0 Å². The molecule has 1 saturated carbocycles. The molecule has 1 aliphatic carbocycles. The van der Waals surface area contributed by atoms with E-state index in [1.165, 1.54) is 0 Å². The normalized spacial score (nSPS) is 23.8. The predicted octanol–water partition coefficient (Wildman–Crippen LogP) is 2.56. The summed E-state index contributed by atoms with van der Waals surface area (Å²) in [6, 6.07) is 0. The standard InChI is InChI=1S/C13H24O5/c14-9-3-1-2-4-10-17-11-5-7-12(8-6-11)18-13(15)16/h11-12,14H,1-10H2,(H,15,16). The Labute approximate surface area is 108 Å². The van der Waals surface area contributed by atoms with Crippen molar-refractivity contribution in [1.29, 1.82) is 0 Å². The van der Waals surface area contributed by atoms with Crippen LogP contribution in [0.3, 0.4) is 0 Å². The zero-order valence-corrected chi connectivity index (χ0v) is 10.8. The highest BCUT2D eigenvalue weighted by molar-refractivity contribution is 5.57. The van der Waals surface area contributed by atoms with Gasteiger partial charge in [0.15, 0.2) is 0 Å². The van der Waals surface area contributed by atoms with Crippen molar-refractivity contribution in [2.45, 2.75) is 63.6 Å². The van der Waals surface area contributed by atoms with Gasteiger partial charge >= 0.3 is 6.16 Å². The quantitative estimate of drug-likeness (QED) is 0.518. The molecule has 1 rings (SSSR count). The third kappa shape index (κ3) is 6.81. The second kappa shape index (κ2) is 9.16. The van der Waals surface area contributed by atoms with Crippen LogP contribution in [0.25, 0.3) is 0 Å². The average Bonchev–Trinajstić information content (AvgIpc) is 2.35. The van der Waals surface area contributed by atoms with E-state index in [4.69, 9.17) is 19.7 Å². The number of hydrogen-bond acceptors (Lipinski definition) is 4. The number of aliphatic hydroxyl groups is 1. The monoisotopic (exact) mass is 260 g/mol. The lowest BCUT2D eigenvalue weighted by Gasteiger charge is -2.27. The van der Waals surface area contributed by atoms with Crippen LogP contribution in [-0.4, -0.2) is 41.8 Å². The molecule has 0 heterocycles. The number of carboxylic acid groups (broad SMARTS) is 1. The molecule has 18 heavy (non-hydrogen) atoms. The topological polar surface area (TPSA) is 76.0 Å². The van der Waals surface area contributed by atoms with Crippen LogP contribution < -0.4 is 0 Å². The van der Waals surface area contributed by atoms with Crippen molar-refractivity contribution in [2.24, 2.45) is 0 Å². The van der Waals surface area contributed by atoms with E-state index < -0.39 is 6.16 Å². The first-order chi connectivity index (χ1) is 8.72. The first-order valence-electron chi connectivity index (χ1n) is 6.84. The molecule has 1 fully saturated rings. The first-order valence-corrected chi connectivity index (χ1v) is 6.84. The number of unbranched alkanes of at least 4 members (excludes halogenated alkanes) is 3. The summed E-state index contributed by atoms with van der Waals surface area (Å²) in [7, 11) is 0. The molecule has 0 atom stereocenters. The summed E-state index contributed by atoms with van der Waals surface area (Å²) in [6.07, 6.45) is 6.29. The number of ether oxygens (including phenoxy) is 2. The van der Waals surface area contributed by atoms with Crippen molar-refractivity contribution in [1.82, 2.24) is 0 Å². The van der Waals surface area contributed by atoms with Crippen LogP contribution in [0.4, 0.5) is 4.79 Å². The Morgan fingerprint density at radius 3 is 2.22 bits per heavy atom. The minimum Gasteiger partial charge on any atom is -0.450 e. The summed E-state index contributed by atoms with van der Waals surface area (Å²) in [4.78, 5) is 10.4. The molecule has 0 aliphatic heterocycles. The van der Waals surface area contributed by atoms with Gasteiger partial charge in [-0.05, 0) is 38.5 Å². The van der Waals surface area contributed by atoms with E-state index in [9.17, 15) is 4.79 Å². The number of hydrogen-bond donors (Lipinski definition) is 2. The molecule has 106 valence electrons. The Hall–Kier alpha value is -0.810. The Morgan fingerprint density at radius 2 is 1.61 bits per heavy atom. The maximum absolute atomic E-state index is 10.4. The molecule has 0 bridgehead atoms. The Kier molecular flexibility index (Phi) is 7.76. The predicted molar refractivity (Wildman–Crippen MR) is 66.7 cm³/mol. The van der Waals surface area contributed by atoms with E-state index in [0.717, 1.165) is 58.0 Å². The highest BCUT2D eigenvalue weighted by Crippen LogP contribution is 2.23. The van der Waals surface area contributed by atoms with Gasteiger partial charge in [-0.15, -0.1) is 0 Å². The van der Waals surface area contributed by atoms with Gasteiger partial charge in [-0.3, -0.25) is 0 Å². The van der Waals surface area contributed by atoms with Crippen LogP contribution in [0.5, 0.6) is 0 Å². The van der Waals surface area contributed by atoms with Gasteiger partial charge in [-0.2, -0.15) is 0 Å². The highest BCUT2D eigenvalue weighted by atomic mass is 16.7. The van der Waals surface area contributed by atoms with E-state index in [0.29, 0.717) is 0 Å². The van der Waals surface area contributed by atoms with Crippen LogP contribution in [0.15, 0.2) is 0 Å². The van der Waals surface area contributed by atoms with Crippen LogP contribution >= 0.6 is 0 Å². The minimum absolute atomic E-state index is 0.146. The third-order valence-corrected chi connectivity index (χ3v) is 3.29.